The van der Waals surface area contributed by atoms with E-state index >= 15 is 0 Å². The number of methoxy groups -OCH3 is 1. The third-order valence-corrected chi connectivity index (χ3v) is 6.24. The summed E-state index contributed by atoms with van der Waals surface area (Å²) in [7, 11) is 1.36. The molecule has 0 aromatic heterocycles. The normalized spacial score (nSPS) is 47.1. The van der Waals surface area contributed by atoms with E-state index in [0.29, 0.717) is 0 Å². The van der Waals surface area contributed by atoms with Crippen LogP contribution in [0, 0.1) is 21.7 Å². The Hall–Kier alpha value is -1.06. The van der Waals surface area contributed by atoms with Crippen molar-refractivity contribution in [3.8, 4) is 0 Å². The van der Waals surface area contributed by atoms with Crippen LogP contribution in [0.1, 0.15) is 66.2 Å². The van der Waals surface area contributed by atoms with E-state index in [2.05, 4.69) is 26.1 Å². The second-order valence-corrected chi connectivity index (χ2v) is 9.49. The van der Waals surface area contributed by atoms with Gasteiger partial charge in [-0.25, -0.2) is 4.79 Å². The number of ether oxygens (including phenoxy) is 1. The van der Waals surface area contributed by atoms with Crippen LogP contribution in [0.3, 0.4) is 0 Å². The second-order valence-electron chi connectivity index (χ2n) is 9.49. The maximum Gasteiger partial charge on any atom is 0.328 e. The first-order chi connectivity index (χ1) is 10.0. The first-order valence-electron chi connectivity index (χ1n) is 8.42. The summed E-state index contributed by atoms with van der Waals surface area (Å²) in [4.78, 5) is 24.7. The minimum absolute atomic E-state index is 0.0631. The van der Waals surface area contributed by atoms with Crippen LogP contribution >= 0.6 is 0 Å². The summed E-state index contributed by atoms with van der Waals surface area (Å²) in [6, 6.07) is -0.570. The molecule has 0 aromatic carbocycles. The topological polar surface area (TPSA) is 55.4 Å². The molecule has 0 saturated heterocycles. The van der Waals surface area contributed by atoms with Crippen molar-refractivity contribution in [1.82, 2.24) is 5.32 Å². The highest BCUT2D eigenvalue weighted by molar-refractivity contribution is 5.88. The summed E-state index contributed by atoms with van der Waals surface area (Å²) < 4.78 is 4.74. The zero-order chi connectivity index (χ0) is 16.4. The van der Waals surface area contributed by atoms with Crippen molar-refractivity contribution in [1.29, 1.82) is 0 Å². The Morgan fingerprint density at radius 2 is 1.32 bits per heavy atom. The predicted octanol–water partition coefficient (Wildman–Crippen LogP) is 3.05. The molecule has 4 nitrogen and oxygen atoms in total. The molecule has 4 fully saturated rings. The molecular weight excluding hydrogens is 278 g/mol. The molecule has 0 aromatic rings. The Morgan fingerprint density at radius 3 is 1.68 bits per heavy atom. The van der Waals surface area contributed by atoms with Gasteiger partial charge in [-0.2, -0.15) is 0 Å². The van der Waals surface area contributed by atoms with Crippen LogP contribution in [0.4, 0.5) is 0 Å². The lowest BCUT2D eigenvalue weighted by Crippen LogP contribution is -2.63. The van der Waals surface area contributed by atoms with Crippen molar-refractivity contribution in [3.63, 3.8) is 0 Å². The van der Waals surface area contributed by atoms with Gasteiger partial charge in [0.15, 0.2) is 0 Å². The summed E-state index contributed by atoms with van der Waals surface area (Å²) in [5.41, 5.74) is 0.508. The van der Waals surface area contributed by atoms with Gasteiger partial charge in [0.05, 0.1) is 12.5 Å². The van der Waals surface area contributed by atoms with Gasteiger partial charge < -0.3 is 10.1 Å². The van der Waals surface area contributed by atoms with E-state index in [-0.39, 0.29) is 33.5 Å². The molecule has 1 N–H and O–H groups in total. The molecule has 0 spiro atoms. The molecule has 22 heavy (non-hydrogen) atoms. The Labute approximate surface area is 133 Å². The quantitative estimate of drug-likeness (QED) is 0.815. The number of esters is 1. The summed E-state index contributed by atoms with van der Waals surface area (Å²) in [5.74, 6) is -0.310. The van der Waals surface area contributed by atoms with E-state index in [1.54, 1.807) is 6.92 Å². The van der Waals surface area contributed by atoms with Gasteiger partial charge in [0.25, 0.3) is 0 Å². The van der Waals surface area contributed by atoms with E-state index < -0.39 is 6.04 Å². The lowest BCUT2D eigenvalue weighted by atomic mass is 9.36. The van der Waals surface area contributed by atoms with Crippen molar-refractivity contribution in [3.05, 3.63) is 0 Å². The molecule has 4 saturated carbocycles. The van der Waals surface area contributed by atoms with Gasteiger partial charge in [-0.1, -0.05) is 20.8 Å². The molecule has 0 aliphatic heterocycles. The van der Waals surface area contributed by atoms with Gasteiger partial charge in [-0.15, -0.1) is 0 Å². The summed E-state index contributed by atoms with van der Waals surface area (Å²) >= 11 is 0. The predicted molar refractivity (Wildman–Crippen MR) is 84.1 cm³/mol. The lowest BCUT2D eigenvalue weighted by molar-refractivity contribution is -0.192. The van der Waals surface area contributed by atoms with Crippen LogP contribution < -0.4 is 5.32 Å². The molecular formula is C18H29NO3. The highest BCUT2D eigenvalue weighted by Gasteiger charge is 2.66. The molecule has 1 atom stereocenters. The molecule has 0 heterocycles. The number of hydrogen-bond donors (Lipinski definition) is 1. The van der Waals surface area contributed by atoms with Crippen LogP contribution in [0.2, 0.25) is 0 Å². The van der Waals surface area contributed by atoms with Crippen molar-refractivity contribution in [2.75, 3.05) is 7.11 Å². The molecule has 0 unspecified atom stereocenters. The Kier molecular flexibility index (Phi) is 3.22. The van der Waals surface area contributed by atoms with Gasteiger partial charge >= 0.3 is 5.97 Å². The average molecular weight is 307 g/mol. The third-order valence-electron chi connectivity index (χ3n) is 6.24. The number of carbonyl (C=O) groups excluding carboxylic acids is 2. The average Bonchev–Trinajstić information content (AvgIpc) is 2.31. The zero-order valence-corrected chi connectivity index (χ0v) is 14.5. The number of rotatable bonds is 3. The van der Waals surface area contributed by atoms with Gasteiger partial charge in [0, 0.05) is 0 Å². The fourth-order valence-corrected chi connectivity index (χ4v) is 7.12. The third kappa shape index (κ3) is 2.35. The van der Waals surface area contributed by atoms with Crippen molar-refractivity contribution in [2.45, 2.75) is 72.3 Å². The minimum atomic E-state index is -0.570. The van der Waals surface area contributed by atoms with Crippen LogP contribution in [0.5, 0.6) is 0 Å². The number of nitrogens with one attached hydrogen (secondary N) is 1. The summed E-state index contributed by atoms with van der Waals surface area (Å²) in [5, 5.41) is 2.93. The maximum absolute atomic E-state index is 13.0. The number of carbonyl (C=O) groups is 2. The van der Waals surface area contributed by atoms with E-state index in [0.717, 1.165) is 19.3 Å². The van der Waals surface area contributed by atoms with Crippen molar-refractivity contribution < 1.29 is 14.3 Å². The minimum Gasteiger partial charge on any atom is -0.467 e. The van der Waals surface area contributed by atoms with E-state index in [4.69, 9.17) is 4.74 Å². The summed E-state index contributed by atoms with van der Waals surface area (Å²) in [6.45, 7) is 8.77. The monoisotopic (exact) mass is 307 g/mol. The molecule has 0 radical (unpaired) electrons. The first kappa shape index (κ1) is 15.8. The Balaban J connectivity index is 1.87. The second kappa shape index (κ2) is 4.48. The van der Waals surface area contributed by atoms with Crippen LogP contribution in [0.15, 0.2) is 0 Å². The Bertz CT molecular complexity index is 473. The fourth-order valence-electron chi connectivity index (χ4n) is 7.12. The van der Waals surface area contributed by atoms with Gasteiger partial charge in [-0.3, -0.25) is 4.79 Å². The largest absolute Gasteiger partial charge is 0.467 e. The molecule has 4 heteroatoms. The molecule has 124 valence electrons. The van der Waals surface area contributed by atoms with Gasteiger partial charge in [-0.05, 0) is 61.7 Å². The van der Waals surface area contributed by atoms with E-state index in [1.165, 1.54) is 26.4 Å². The van der Waals surface area contributed by atoms with Crippen molar-refractivity contribution in [2.24, 2.45) is 21.7 Å². The maximum atomic E-state index is 13.0. The molecule has 1 amide bonds. The lowest BCUT2D eigenvalue weighted by Gasteiger charge is -2.68. The standard InChI is InChI=1S/C18H29NO3/c1-12(13(20)22-5)19-14(21)18-9-15(2)6-16(3,10-18)8-17(4,7-15)11-18/h12H,6-11H2,1-5H3,(H,19,21)/t12-,15?,16?,17?,18?/m1/s1. The highest BCUT2D eigenvalue weighted by Crippen LogP contribution is 2.73. The van der Waals surface area contributed by atoms with Crippen LogP contribution in [-0.4, -0.2) is 25.0 Å². The molecule has 4 rings (SSSR count). The van der Waals surface area contributed by atoms with Crippen molar-refractivity contribution >= 4 is 11.9 Å². The Morgan fingerprint density at radius 1 is 0.909 bits per heavy atom. The molecule has 4 aliphatic rings. The fraction of sp³-hybridized carbons (Fsp3) is 0.889. The summed E-state index contributed by atoms with van der Waals surface area (Å²) in [6.07, 6.45) is 6.59. The smallest absolute Gasteiger partial charge is 0.328 e. The van der Waals surface area contributed by atoms with Crippen LogP contribution in [-0.2, 0) is 14.3 Å². The van der Waals surface area contributed by atoms with E-state index in [9.17, 15) is 9.59 Å². The zero-order valence-electron chi connectivity index (χ0n) is 14.5. The highest BCUT2D eigenvalue weighted by atomic mass is 16.5. The number of hydrogen-bond acceptors (Lipinski definition) is 3. The molecule has 4 bridgehead atoms. The van der Waals surface area contributed by atoms with Gasteiger partial charge in [0.2, 0.25) is 5.91 Å². The molecule has 4 aliphatic carbocycles. The number of amides is 1. The van der Waals surface area contributed by atoms with E-state index in [1.807, 2.05) is 0 Å². The van der Waals surface area contributed by atoms with Gasteiger partial charge in [0.1, 0.15) is 6.04 Å². The first-order valence-corrected chi connectivity index (χ1v) is 8.42. The SMILES string of the molecule is COC(=O)[C@@H](C)NC(=O)C12CC3(C)CC(C)(CC(C)(C3)C1)C2. The van der Waals surface area contributed by atoms with Crippen LogP contribution in [0.25, 0.3) is 0 Å².